The van der Waals surface area contributed by atoms with Crippen molar-refractivity contribution in [3.05, 3.63) is 24.3 Å². The number of carbonyl (C=O) groups excluding carboxylic acids is 2. The first-order chi connectivity index (χ1) is 28.0. The van der Waals surface area contributed by atoms with Crippen molar-refractivity contribution in [3.8, 4) is 0 Å². The molecule has 0 radical (unpaired) electrons. The summed E-state index contributed by atoms with van der Waals surface area (Å²) >= 11 is 0. The zero-order chi connectivity index (χ0) is 42.8. The van der Waals surface area contributed by atoms with E-state index in [0.717, 1.165) is 57.8 Å². The third-order valence-electron chi connectivity index (χ3n) is 10.5. The van der Waals surface area contributed by atoms with Gasteiger partial charge < -0.3 is 18.9 Å². The molecule has 0 aromatic heterocycles. The lowest BCUT2D eigenvalue weighted by Gasteiger charge is -2.24. The Hall–Kier alpha value is -1.51. The van der Waals surface area contributed by atoms with Crippen LogP contribution in [0, 0.1) is 0 Å². The first-order valence-electron chi connectivity index (χ1n) is 24.1. The van der Waals surface area contributed by atoms with Crippen LogP contribution in [0.1, 0.15) is 219 Å². The number of phosphoric ester groups is 1. The predicted octanol–water partition coefficient (Wildman–Crippen LogP) is 13.9. The van der Waals surface area contributed by atoms with Gasteiger partial charge in [-0.15, -0.1) is 0 Å². The molecule has 0 fully saturated rings. The van der Waals surface area contributed by atoms with Crippen molar-refractivity contribution in [3.63, 3.8) is 0 Å². The molecule has 0 rings (SSSR count). The van der Waals surface area contributed by atoms with Crippen molar-refractivity contribution in [1.29, 1.82) is 0 Å². The molecule has 342 valence electrons. The number of nitrogens with zero attached hydrogens (tertiary/aromatic N) is 1. The number of quaternary nitrogens is 1. The molecule has 0 saturated carbocycles. The van der Waals surface area contributed by atoms with Crippen LogP contribution in [0.5, 0.6) is 0 Å². The number of phosphoric acid groups is 1. The van der Waals surface area contributed by atoms with E-state index in [1.54, 1.807) is 0 Å². The summed E-state index contributed by atoms with van der Waals surface area (Å²) in [6.45, 7) is 4.41. The summed E-state index contributed by atoms with van der Waals surface area (Å²) in [5.41, 5.74) is 0. The first kappa shape index (κ1) is 56.5. The van der Waals surface area contributed by atoms with E-state index in [1.807, 2.05) is 21.1 Å². The smallest absolute Gasteiger partial charge is 0.462 e. The Morgan fingerprint density at radius 2 is 0.931 bits per heavy atom. The number of hydrogen-bond acceptors (Lipinski definition) is 7. The van der Waals surface area contributed by atoms with Crippen molar-refractivity contribution in [2.24, 2.45) is 0 Å². The van der Waals surface area contributed by atoms with Gasteiger partial charge in [0.25, 0.3) is 0 Å². The predicted molar refractivity (Wildman–Crippen MR) is 243 cm³/mol. The van der Waals surface area contributed by atoms with E-state index in [9.17, 15) is 19.0 Å². The SMILES string of the molecule is CCCCC/C=C/C/C=C/CCCCCCCC(=O)O[C@H](COC(=O)CCCCCCCCCCCCCCCCCCCCC)COP(=O)(O)OCC[N+](C)(C)C. The summed E-state index contributed by atoms with van der Waals surface area (Å²) in [7, 11) is 1.47. The number of esters is 2. The molecule has 2 atom stereocenters. The average Bonchev–Trinajstić information content (AvgIpc) is 3.17. The molecule has 9 nitrogen and oxygen atoms in total. The summed E-state index contributed by atoms with van der Waals surface area (Å²) < 4.78 is 34.4. The molecule has 0 aliphatic rings. The normalized spacial score (nSPS) is 13.7. The molecule has 0 saturated heterocycles. The van der Waals surface area contributed by atoms with Gasteiger partial charge in [-0.25, -0.2) is 4.57 Å². The molecule has 1 N–H and O–H groups in total. The minimum Gasteiger partial charge on any atom is -0.462 e. The number of unbranched alkanes of at least 4 members (excludes halogenated alkanes) is 26. The van der Waals surface area contributed by atoms with Crippen molar-refractivity contribution in [1.82, 2.24) is 0 Å². The molecule has 1 unspecified atom stereocenters. The number of hydrogen-bond donors (Lipinski definition) is 1. The van der Waals surface area contributed by atoms with Gasteiger partial charge in [-0.3, -0.25) is 18.6 Å². The Labute approximate surface area is 358 Å². The molecular weight excluding hydrogens is 750 g/mol. The highest BCUT2D eigenvalue weighted by Crippen LogP contribution is 2.43. The molecule has 0 amide bonds. The lowest BCUT2D eigenvalue weighted by molar-refractivity contribution is -0.870. The average molecular weight is 843 g/mol. The molecule has 0 bridgehead atoms. The fourth-order valence-corrected chi connectivity index (χ4v) is 7.43. The van der Waals surface area contributed by atoms with Gasteiger partial charge in [0.1, 0.15) is 19.8 Å². The summed E-state index contributed by atoms with van der Waals surface area (Å²) in [4.78, 5) is 35.4. The third-order valence-corrected chi connectivity index (χ3v) is 11.5. The molecule has 10 heteroatoms. The van der Waals surface area contributed by atoms with Gasteiger partial charge in [0, 0.05) is 12.8 Å². The Balaban J connectivity index is 4.27. The highest BCUT2D eigenvalue weighted by Gasteiger charge is 2.27. The maximum absolute atomic E-state index is 12.7. The van der Waals surface area contributed by atoms with Crippen molar-refractivity contribution in [2.75, 3.05) is 47.5 Å². The van der Waals surface area contributed by atoms with Gasteiger partial charge in [0.15, 0.2) is 6.10 Å². The maximum atomic E-state index is 12.7. The minimum absolute atomic E-state index is 0.0307. The van der Waals surface area contributed by atoms with E-state index in [0.29, 0.717) is 23.9 Å². The summed E-state index contributed by atoms with van der Waals surface area (Å²) in [6, 6.07) is 0. The highest BCUT2D eigenvalue weighted by atomic mass is 31.2. The summed E-state index contributed by atoms with van der Waals surface area (Å²) in [5, 5.41) is 0. The van der Waals surface area contributed by atoms with E-state index in [-0.39, 0.29) is 25.6 Å². The van der Waals surface area contributed by atoms with Crippen LogP contribution in [0.25, 0.3) is 0 Å². The van der Waals surface area contributed by atoms with Gasteiger partial charge in [-0.1, -0.05) is 186 Å². The number of likely N-dealkylation sites (N-methyl/N-ethyl adjacent to an activating group) is 1. The maximum Gasteiger partial charge on any atom is 0.472 e. The third kappa shape index (κ3) is 44.1. The second-order valence-corrected chi connectivity index (χ2v) is 19.0. The van der Waals surface area contributed by atoms with Gasteiger partial charge in [-0.05, 0) is 44.9 Å². The second-order valence-electron chi connectivity index (χ2n) is 17.5. The van der Waals surface area contributed by atoms with Gasteiger partial charge in [0.05, 0.1) is 27.7 Å². The van der Waals surface area contributed by atoms with Gasteiger partial charge in [-0.2, -0.15) is 0 Å². The quantitative estimate of drug-likeness (QED) is 0.0212. The first-order valence-corrected chi connectivity index (χ1v) is 25.6. The van der Waals surface area contributed by atoms with E-state index in [4.69, 9.17) is 18.5 Å². The topological polar surface area (TPSA) is 108 Å². The van der Waals surface area contributed by atoms with Crippen LogP contribution in [0.2, 0.25) is 0 Å². The fraction of sp³-hybridized carbons (Fsp3) is 0.875. The number of ether oxygens (including phenoxy) is 2. The van der Waals surface area contributed by atoms with E-state index >= 15 is 0 Å². The number of rotatable bonds is 44. The summed E-state index contributed by atoms with van der Waals surface area (Å²) in [5.74, 6) is -0.805. The zero-order valence-corrected chi connectivity index (χ0v) is 39.4. The van der Waals surface area contributed by atoms with E-state index in [1.165, 1.54) is 128 Å². The molecule has 58 heavy (non-hydrogen) atoms. The van der Waals surface area contributed by atoms with Crippen LogP contribution < -0.4 is 0 Å². The van der Waals surface area contributed by atoms with E-state index < -0.39 is 26.5 Å². The molecule has 0 aliphatic carbocycles. The largest absolute Gasteiger partial charge is 0.472 e. The standard InChI is InChI=1S/C48H92NO8P/c1-6-8-10-12-14-16-18-20-22-23-24-25-27-28-30-32-34-36-38-40-47(50)54-44-46(45-56-58(52,53)55-43-42-49(3,4)5)57-48(51)41-39-37-35-33-31-29-26-21-19-17-15-13-11-9-7-2/h15,17,21,26,46H,6-14,16,18-20,22-25,27-45H2,1-5H3/p+1/b17-15+,26-21+/t46-/m1/s1. The van der Waals surface area contributed by atoms with Crippen LogP contribution >= 0.6 is 7.82 Å². The lowest BCUT2D eigenvalue weighted by Crippen LogP contribution is -2.37. The molecule has 0 heterocycles. The van der Waals surface area contributed by atoms with Crippen LogP contribution in [0.15, 0.2) is 24.3 Å². The van der Waals surface area contributed by atoms with Crippen LogP contribution in [-0.4, -0.2) is 74.9 Å². The Kier molecular flexibility index (Phi) is 39.8. The molecule has 0 spiro atoms. The molecule has 0 aromatic carbocycles. The van der Waals surface area contributed by atoms with Crippen LogP contribution in [-0.2, 0) is 32.7 Å². The van der Waals surface area contributed by atoms with Crippen molar-refractivity contribution in [2.45, 2.75) is 225 Å². The van der Waals surface area contributed by atoms with Gasteiger partial charge in [0.2, 0.25) is 0 Å². The lowest BCUT2D eigenvalue weighted by atomic mass is 10.0. The molecule has 0 aliphatic heterocycles. The molecule has 0 aromatic rings. The highest BCUT2D eigenvalue weighted by molar-refractivity contribution is 7.47. The van der Waals surface area contributed by atoms with Crippen LogP contribution in [0.4, 0.5) is 0 Å². The summed E-state index contributed by atoms with van der Waals surface area (Å²) in [6.07, 6.45) is 45.1. The second kappa shape index (κ2) is 40.9. The molecular formula is C48H93NO8P+. The number of carbonyl (C=O) groups is 2. The monoisotopic (exact) mass is 843 g/mol. The zero-order valence-electron chi connectivity index (χ0n) is 38.5. The van der Waals surface area contributed by atoms with E-state index in [2.05, 4.69) is 38.2 Å². The number of allylic oxidation sites excluding steroid dienone is 4. The Morgan fingerprint density at radius 1 is 0.534 bits per heavy atom. The van der Waals surface area contributed by atoms with Gasteiger partial charge >= 0.3 is 19.8 Å². The Morgan fingerprint density at radius 3 is 1.40 bits per heavy atom. The van der Waals surface area contributed by atoms with Crippen molar-refractivity contribution < 1.29 is 42.1 Å². The Bertz CT molecular complexity index is 1040. The van der Waals surface area contributed by atoms with Crippen molar-refractivity contribution >= 4 is 19.8 Å². The fourth-order valence-electron chi connectivity index (χ4n) is 6.69. The minimum atomic E-state index is -4.38. The van der Waals surface area contributed by atoms with Crippen LogP contribution in [0.3, 0.4) is 0 Å².